The number of carbonyl (C=O) groups is 1. The van der Waals surface area contributed by atoms with Gasteiger partial charge in [0.15, 0.2) is 9.84 Å². The van der Waals surface area contributed by atoms with E-state index in [1.807, 2.05) is 12.1 Å². The maximum absolute atomic E-state index is 13.0. The predicted molar refractivity (Wildman–Crippen MR) is 117 cm³/mol. The van der Waals surface area contributed by atoms with Crippen molar-refractivity contribution in [1.29, 1.82) is 0 Å². The fraction of sp³-hybridized carbons (Fsp3) is 0.480. The third-order valence-corrected chi connectivity index (χ3v) is 9.39. The summed E-state index contributed by atoms with van der Waals surface area (Å²) in [6.45, 7) is 0. The van der Waals surface area contributed by atoms with E-state index in [-0.39, 0.29) is 21.6 Å². The van der Waals surface area contributed by atoms with Crippen LogP contribution in [0.25, 0.3) is 0 Å². The molecule has 4 bridgehead atoms. The maximum Gasteiger partial charge on any atom is 0.335 e. The molecule has 2 aromatic rings. The van der Waals surface area contributed by atoms with Crippen LogP contribution >= 0.6 is 0 Å². The minimum Gasteiger partial charge on any atom is -0.496 e. The summed E-state index contributed by atoms with van der Waals surface area (Å²) in [5, 5.41) is 9.05. The number of sulfone groups is 1. The molecule has 31 heavy (non-hydrogen) atoms. The lowest BCUT2D eigenvalue weighted by atomic mass is 9.48. The van der Waals surface area contributed by atoms with E-state index in [0.717, 1.165) is 29.1 Å². The standard InChI is InChI=1S/C25H28O5S/c1-30-23-7-2-16(15-31(28,29)21-5-3-20(4-6-21)24(26)27)11-22(23)25-12-17-8-18(13-25)10-19(9-17)14-25/h2-7,11,17-19H,8-10,12-15H2,1H3,(H,26,27). The zero-order valence-electron chi connectivity index (χ0n) is 17.7. The highest BCUT2D eigenvalue weighted by molar-refractivity contribution is 7.90. The number of hydrogen-bond acceptors (Lipinski definition) is 4. The second-order valence-electron chi connectivity index (χ2n) is 9.82. The van der Waals surface area contributed by atoms with Crippen molar-refractivity contribution in [2.75, 3.05) is 7.11 Å². The Morgan fingerprint density at radius 3 is 2.10 bits per heavy atom. The smallest absolute Gasteiger partial charge is 0.335 e. The number of carboxylic acid groups (broad SMARTS) is 1. The van der Waals surface area contributed by atoms with Crippen molar-refractivity contribution in [2.24, 2.45) is 17.8 Å². The molecular weight excluding hydrogens is 412 g/mol. The molecule has 0 atom stereocenters. The molecule has 4 fully saturated rings. The molecule has 0 radical (unpaired) electrons. The van der Waals surface area contributed by atoms with Gasteiger partial charge in [-0.15, -0.1) is 0 Å². The van der Waals surface area contributed by atoms with Crippen molar-refractivity contribution in [1.82, 2.24) is 0 Å². The Kier molecular flexibility index (Phi) is 4.88. The molecule has 0 saturated heterocycles. The van der Waals surface area contributed by atoms with E-state index in [1.54, 1.807) is 7.11 Å². The van der Waals surface area contributed by atoms with Gasteiger partial charge in [0, 0.05) is 5.56 Å². The van der Waals surface area contributed by atoms with Crippen LogP contribution in [-0.4, -0.2) is 26.6 Å². The first kappa shape index (κ1) is 20.6. The molecule has 0 amide bonds. The van der Waals surface area contributed by atoms with Gasteiger partial charge >= 0.3 is 5.97 Å². The van der Waals surface area contributed by atoms with Gasteiger partial charge in [-0.3, -0.25) is 0 Å². The molecule has 0 heterocycles. The molecule has 4 saturated carbocycles. The van der Waals surface area contributed by atoms with Crippen LogP contribution in [0, 0.1) is 17.8 Å². The van der Waals surface area contributed by atoms with Crippen LogP contribution in [0.3, 0.4) is 0 Å². The zero-order chi connectivity index (χ0) is 21.8. The molecule has 2 aromatic carbocycles. The number of rotatable bonds is 6. The van der Waals surface area contributed by atoms with Crippen LogP contribution < -0.4 is 4.74 Å². The molecular formula is C25H28O5S. The molecule has 6 rings (SSSR count). The van der Waals surface area contributed by atoms with Gasteiger partial charge in [-0.2, -0.15) is 0 Å². The Bertz CT molecular complexity index is 1080. The van der Waals surface area contributed by atoms with Crippen LogP contribution in [0.4, 0.5) is 0 Å². The Balaban J connectivity index is 1.47. The van der Waals surface area contributed by atoms with E-state index in [0.29, 0.717) is 0 Å². The van der Waals surface area contributed by atoms with Crippen LogP contribution in [0.1, 0.15) is 60.0 Å². The van der Waals surface area contributed by atoms with E-state index >= 15 is 0 Å². The van der Waals surface area contributed by atoms with Gasteiger partial charge in [-0.05, 0) is 97.6 Å². The predicted octanol–water partition coefficient (Wildman–Crippen LogP) is 4.84. The first-order chi connectivity index (χ1) is 14.8. The molecule has 164 valence electrons. The summed E-state index contributed by atoms with van der Waals surface area (Å²) in [4.78, 5) is 11.2. The molecule has 6 heteroatoms. The van der Waals surface area contributed by atoms with Gasteiger partial charge in [-0.25, -0.2) is 13.2 Å². The van der Waals surface area contributed by atoms with Crippen molar-refractivity contribution in [3.05, 3.63) is 59.2 Å². The Morgan fingerprint density at radius 1 is 1.00 bits per heavy atom. The van der Waals surface area contributed by atoms with Crippen LogP contribution in [-0.2, 0) is 21.0 Å². The Hall–Kier alpha value is -2.34. The van der Waals surface area contributed by atoms with Crippen molar-refractivity contribution >= 4 is 15.8 Å². The van der Waals surface area contributed by atoms with Gasteiger partial charge in [-0.1, -0.05) is 12.1 Å². The first-order valence-corrected chi connectivity index (χ1v) is 12.7. The quantitative estimate of drug-likeness (QED) is 0.695. The monoisotopic (exact) mass is 440 g/mol. The molecule has 0 unspecified atom stereocenters. The van der Waals surface area contributed by atoms with E-state index in [2.05, 4.69) is 6.07 Å². The highest BCUT2D eigenvalue weighted by atomic mass is 32.2. The Morgan fingerprint density at radius 2 is 1.58 bits per heavy atom. The second-order valence-corrected chi connectivity index (χ2v) is 11.8. The maximum atomic E-state index is 13.0. The summed E-state index contributed by atoms with van der Waals surface area (Å²) < 4.78 is 31.8. The number of carboxylic acids is 1. The molecule has 0 aromatic heterocycles. The number of benzene rings is 2. The minimum absolute atomic E-state index is 0.0764. The summed E-state index contributed by atoms with van der Waals surface area (Å²) in [7, 11) is -1.89. The molecule has 5 nitrogen and oxygen atoms in total. The summed E-state index contributed by atoms with van der Waals surface area (Å²) in [6, 6.07) is 11.3. The Labute approximate surface area is 183 Å². The van der Waals surface area contributed by atoms with Crippen molar-refractivity contribution in [2.45, 2.75) is 54.6 Å². The SMILES string of the molecule is COc1ccc(CS(=O)(=O)c2ccc(C(=O)O)cc2)cc1C12CC3CC(CC(C3)C1)C2. The van der Waals surface area contributed by atoms with Crippen molar-refractivity contribution in [3.8, 4) is 5.75 Å². The average Bonchev–Trinajstić information content (AvgIpc) is 2.72. The average molecular weight is 441 g/mol. The van der Waals surface area contributed by atoms with E-state index in [1.165, 1.54) is 68.4 Å². The van der Waals surface area contributed by atoms with Crippen LogP contribution in [0.5, 0.6) is 5.75 Å². The molecule has 0 spiro atoms. The van der Waals surface area contributed by atoms with Gasteiger partial charge < -0.3 is 9.84 Å². The topological polar surface area (TPSA) is 80.7 Å². The molecule has 1 N–H and O–H groups in total. The summed E-state index contributed by atoms with van der Waals surface area (Å²) in [5.41, 5.74) is 2.13. The molecule has 4 aliphatic carbocycles. The highest BCUT2D eigenvalue weighted by Crippen LogP contribution is 2.62. The second kappa shape index (κ2) is 7.37. The van der Waals surface area contributed by atoms with E-state index in [4.69, 9.17) is 9.84 Å². The third kappa shape index (κ3) is 3.65. The summed E-state index contributed by atoms with van der Waals surface area (Å²) in [6.07, 6.45) is 7.60. The summed E-state index contributed by atoms with van der Waals surface area (Å²) in [5.74, 6) is 2.06. The fourth-order valence-corrected chi connectivity index (χ4v) is 8.14. The molecule has 4 aliphatic rings. The summed E-state index contributed by atoms with van der Waals surface area (Å²) >= 11 is 0. The first-order valence-electron chi connectivity index (χ1n) is 11.0. The number of ether oxygens (including phenoxy) is 1. The fourth-order valence-electron chi connectivity index (χ4n) is 6.81. The van der Waals surface area contributed by atoms with Gasteiger partial charge in [0.1, 0.15) is 5.75 Å². The number of methoxy groups -OCH3 is 1. The molecule has 0 aliphatic heterocycles. The zero-order valence-corrected chi connectivity index (χ0v) is 18.5. The number of aromatic carboxylic acids is 1. The van der Waals surface area contributed by atoms with Gasteiger partial charge in [0.25, 0.3) is 0 Å². The van der Waals surface area contributed by atoms with Crippen molar-refractivity contribution < 1.29 is 23.1 Å². The lowest BCUT2D eigenvalue weighted by Gasteiger charge is -2.57. The van der Waals surface area contributed by atoms with E-state index < -0.39 is 15.8 Å². The van der Waals surface area contributed by atoms with Gasteiger partial charge in [0.2, 0.25) is 0 Å². The number of hydrogen-bond donors (Lipinski definition) is 1. The van der Waals surface area contributed by atoms with E-state index in [9.17, 15) is 13.2 Å². The lowest BCUT2D eigenvalue weighted by Crippen LogP contribution is -2.48. The third-order valence-electron chi connectivity index (χ3n) is 7.69. The van der Waals surface area contributed by atoms with Crippen molar-refractivity contribution in [3.63, 3.8) is 0 Å². The highest BCUT2D eigenvalue weighted by Gasteiger charge is 2.52. The van der Waals surface area contributed by atoms with Gasteiger partial charge in [0.05, 0.1) is 23.3 Å². The minimum atomic E-state index is -3.58. The largest absolute Gasteiger partial charge is 0.496 e. The normalized spacial score (nSPS) is 29.1. The van der Waals surface area contributed by atoms with Crippen LogP contribution in [0.2, 0.25) is 0 Å². The van der Waals surface area contributed by atoms with Crippen LogP contribution in [0.15, 0.2) is 47.4 Å². The lowest BCUT2D eigenvalue weighted by molar-refractivity contribution is -0.00618.